The third-order valence-corrected chi connectivity index (χ3v) is 2.80. The van der Waals surface area contributed by atoms with Crippen LogP contribution in [0.5, 0.6) is 0 Å². The van der Waals surface area contributed by atoms with Gasteiger partial charge in [0.1, 0.15) is 11.5 Å². The second-order valence-corrected chi connectivity index (χ2v) is 4.22. The summed E-state index contributed by atoms with van der Waals surface area (Å²) in [6.45, 7) is 3.55. The maximum absolute atomic E-state index is 11.5. The molecule has 1 saturated carbocycles. The molecule has 0 unspecified atom stereocenters. The van der Waals surface area contributed by atoms with Crippen LogP contribution in [0.3, 0.4) is 0 Å². The zero-order valence-corrected chi connectivity index (χ0v) is 8.99. The molecule has 0 aromatic heterocycles. The van der Waals surface area contributed by atoms with Gasteiger partial charge in [-0.3, -0.25) is 9.59 Å². The maximum Gasteiger partial charge on any atom is 0.314 e. The Kier molecular flexibility index (Phi) is 2.81. The van der Waals surface area contributed by atoms with Crippen molar-refractivity contribution in [1.82, 2.24) is 0 Å². The highest BCUT2D eigenvalue weighted by Crippen LogP contribution is 2.32. The van der Waals surface area contributed by atoms with E-state index in [2.05, 4.69) is 6.58 Å². The fraction of sp³-hybridized carbons (Fsp3) is 0.500. The fourth-order valence-electron chi connectivity index (χ4n) is 1.72. The van der Waals surface area contributed by atoms with Gasteiger partial charge in [-0.2, -0.15) is 0 Å². The summed E-state index contributed by atoms with van der Waals surface area (Å²) in [4.78, 5) is 22.9. The molecule has 2 aliphatic carbocycles. The molecule has 0 spiro atoms. The number of ketones is 1. The van der Waals surface area contributed by atoms with Gasteiger partial charge in [0, 0.05) is 12.8 Å². The Morgan fingerprint density at radius 1 is 1.38 bits per heavy atom. The Balaban J connectivity index is 2.07. The first-order chi connectivity index (χ1) is 7.59. The predicted molar refractivity (Wildman–Crippen MR) is 56.5 cm³/mol. The molecule has 2 aliphatic rings. The third-order valence-electron chi connectivity index (χ3n) is 2.80. The zero-order valence-electron chi connectivity index (χ0n) is 8.99. The van der Waals surface area contributed by atoms with Gasteiger partial charge in [0.2, 0.25) is 0 Å². The van der Waals surface area contributed by atoms with E-state index in [-0.39, 0.29) is 34.8 Å². The van der Waals surface area contributed by atoms with Crippen molar-refractivity contribution in [1.29, 1.82) is 0 Å². The summed E-state index contributed by atoms with van der Waals surface area (Å²) in [7, 11) is 0. The summed E-state index contributed by atoms with van der Waals surface area (Å²) < 4.78 is 4.98. The van der Waals surface area contributed by atoms with E-state index < -0.39 is 0 Å². The number of allylic oxidation sites excluding steroid dienone is 2. The normalized spacial score (nSPS) is 20.9. The van der Waals surface area contributed by atoms with E-state index in [1.54, 1.807) is 0 Å². The number of aliphatic hydroxyl groups excluding tert-OH is 1. The number of carbonyl (C=O) groups excluding carboxylic acids is 2. The molecule has 0 amide bonds. The maximum atomic E-state index is 11.5. The molecule has 4 nitrogen and oxygen atoms in total. The van der Waals surface area contributed by atoms with Gasteiger partial charge in [-0.25, -0.2) is 0 Å². The van der Waals surface area contributed by atoms with Crippen LogP contribution in [-0.4, -0.2) is 16.9 Å². The van der Waals surface area contributed by atoms with Crippen LogP contribution in [0, 0.1) is 5.92 Å². The van der Waals surface area contributed by atoms with Crippen LogP contribution in [0.2, 0.25) is 0 Å². The van der Waals surface area contributed by atoms with Gasteiger partial charge in [0.15, 0.2) is 5.78 Å². The van der Waals surface area contributed by atoms with Crippen molar-refractivity contribution in [3.8, 4) is 0 Å². The van der Waals surface area contributed by atoms with Crippen LogP contribution < -0.4 is 0 Å². The van der Waals surface area contributed by atoms with E-state index in [0.29, 0.717) is 19.3 Å². The molecule has 0 saturated heterocycles. The van der Waals surface area contributed by atoms with Gasteiger partial charge in [0.25, 0.3) is 0 Å². The van der Waals surface area contributed by atoms with Gasteiger partial charge in [-0.15, -0.1) is 0 Å². The van der Waals surface area contributed by atoms with Crippen molar-refractivity contribution < 1.29 is 19.4 Å². The molecule has 16 heavy (non-hydrogen) atoms. The van der Waals surface area contributed by atoms with Crippen molar-refractivity contribution in [2.45, 2.75) is 32.1 Å². The van der Waals surface area contributed by atoms with Gasteiger partial charge in [0.05, 0.1) is 11.5 Å². The summed E-state index contributed by atoms with van der Waals surface area (Å²) in [5.41, 5.74) is 0.0975. The minimum atomic E-state index is -0.344. The highest BCUT2D eigenvalue weighted by atomic mass is 16.5. The third kappa shape index (κ3) is 2.15. The van der Waals surface area contributed by atoms with Gasteiger partial charge in [-0.1, -0.05) is 6.58 Å². The van der Waals surface area contributed by atoms with Gasteiger partial charge in [-0.05, 0) is 19.3 Å². The lowest BCUT2D eigenvalue weighted by atomic mass is 9.95. The smallest absolute Gasteiger partial charge is 0.314 e. The molecular weight excluding hydrogens is 208 g/mol. The SMILES string of the molecule is C=C(OC(=O)C1CC1)C1=C(O)CCCC1=O. The largest absolute Gasteiger partial charge is 0.511 e. The van der Waals surface area contributed by atoms with Crippen molar-refractivity contribution in [3.63, 3.8) is 0 Å². The highest BCUT2D eigenvalue weighted by molar-refractivity contribution is 6.00. The van der Waals surface area contributed by atoms with E-state index in [1.165, 1.54) is 0 Å². The Morgan fingerprint density at radius 3 is 2.62 bits per heavy atom. The first kappa shape index (κ1) is 10.9. The number of rotatable bonds is 3. The second kappa shape index (κ2) is 4.12. The molecule has 1 fully saturated rings. The minimum Gasteiger partial charge on any atom is -0.511 e. The van der Waals surface area contributed by atoms with Crippen molar-refractivity contribution >= 4 is 11.8 Å². The zero-order chi connectivity index (χ0) is 11.7. The molecule has 0 bridgehead atoms. The van der Waals surface area contributed by atoms with Crippen LogP contribution >= 0.6 is 0 Å². The molecule has 2 rings (SSSR count). The Bertz CT molecular complexity index is 388. The Morgan fingerprint density at radius 2 is 2.06 bits per heavy atom. The van der Waals surface area contributed by atoms with Crippen molar-refractivity contribution in [2.75, 3.05) is 0 Å². The number of carbonyl (C=O) groups is 2. The topological polar surface area (TPSA) is 63.6 Å². The number of aliphatic hydroxyl groups is 1. The monoisotopic (exact) mass is 222 g/mol. The van der Waals surface area contributed by atoms with Crippen LogP contribution in [0.15, 0.2) is 23.7 Å². The van der Waals surface area contributed by atoms with Crippen LogP contribution in [0.1, 0.15) is 32.1 Å². The molecular formula is C12H14O4. The first-order valence-electron chi connectivity index (χ1n) is 5.46. The molecule has 0 heterocycles. The van der Waals surface area contributed by atoms with Crippen LogP contribution in [0.4, 0.5) is 0 Å². The molecule has 0 aromatic rings. The number of hydrogen-bond acceptors (Lipinski definition) is 4. The molecule has 86 valence electrons. The first-order valence-corrected chi connectivity index (χ1v) is 5.46. The van der Waals surface area contributed by atoms with E-state index in [1.807, 2.05) is 0 Å². The molecule has 1 N–H and O–H groups in total. The standard InChI is InChI=1S/C12H14O4/c1-7(16-12(15)8-5-6-8)11-9(13)3-2-4-10(11)14/h8,13H,1-6H2. The second-order valence-electron chi connectivity index (χ2n) is 4.22. The van der Waals surface area contributed by atoms with E-state index in [9.17, 15) is 14.7 Å². The Labute approximate surface area is 93.6 Å². The van der Waals surface area contributed by atoms with Gasteiger partial charge < -0.3 is 9.84 Å². The molecule has 4 heteroatoms. The summed E-state index contributed by atoms with van der Waals surface area (Å²) in [6, 6.07) is 0. The summed E-state index contributed by atoms with van der Waals surface area (Å²) in [5, 5.41) is 9.58. The predicted octanol–water partition coefficient (Wildman–Crippen LogP) is 2.02. The van der Waals surface area contributed by atoms with Crippen LogP contribution in [0.25, 0.3) is 0 Å². The fourth-order valence-corrected chi connectivity index (χ4v) is 1.72. The lowest BCUT2D eigenvalue weighted by Gasteiger charge is -2.16. The van der Waals surface area contributed by atoms with Crippen molar-refractivity contribution in [2.24, 2.45) is 5.92 Å². The molecule has 0 radical (unpaired) electrons. The van der Waals surface area contributed by atoms with Crippen LogP contribution in [-0.2, 0) is 14.3 Å². The number of esters is 1. The van der Waals surface area contributed by atoms with E-state index >= 15 is 0 Å². The number of hydrogen-bond donors (Lipinski definition) is 1. The molecule has 0 aromatic carbocycles. The summed E-state index contributed by atoms with van der Waals surface area (Å²) in [5.74, 6) is -0.594. The average Bonchev–Trinajstić information content (AvgIpc) is 2.99. The van der Waals surface area contributed by atoms with Gasteiger partial charge >= 0.3 is 5.97 Å². The Hall–Kier alpha value is -1.58. The summed E-state index contributed by atoms with van der Waals surface area (Å²) >= 11 is 0. The van der Waals surface area contributed by atoms with Crippen molar-refractivity contribution in [3.05, 3.63) is 23.7 Å². The number of ether oxygens (including phenoxy) is 1. The highest BCUT2D eigenvalue weighted by Gasteiger charge is 2.33. The minimum absolute atomic E-state index is 0.000833. The summed E-state index contributed by atoms with van der Waals surface area (Å²) in [6.07, 6.45) is 3.13. The lowest BCUT2D eigenvalue weighted by molar-refractivity contribution is -0.140. The lowest BCUT2D eigenvalue weighted by Crippen LogP contribution is -2.17. The molecule has 0 aliphatic heterocycles. The average molecular weight is 222 g/mol. The molecule has 0 atom stereocenters. The number of Topliss-reactive ketones (excluding diaryl/α,β-unsaturated/α-hetero) is 1. The van der Waals surface area contributed by atoms with E-state index in [4.69, 9.17) is 4.74 Å². The quantitative estimate of drug-likeness (QED) is 0.586. The van der Waals surface area contributed by atoms with E-state index in [0.717, 1.165) is 12.8 Å².